The highest BCUT2D eigenvalue weighted by molar-refractivity contribution is 5.83. The maximum atomic E-state index is 11.8. The van der Waals surface area contributed by atoms with E-state index in [0.29, 0.717) is 30.3 Å². The second-order valence-electron chi connectivity index (χ2n) is 5.92. The molecule has 0 heterocycles. The minimum Gasteiger partial charge on any atom is -0.504 e. The van der Waals surface area contributed by atoms with Gasteiger partial charge in [0, 0.05) is 0 Å². The molecule has 0 aromatic heterocycles. The molecule has 0 spiro atoms. The number of unbranched alkanes of at least 4 members (excludes halogenated alkanes) is 1. The number of carbonyl (C=O) groups is 1. The number of benzene rings is 2. The van der Waals surface area contributed by atoms with Crippen LogP contribution in [0.1, 0.15) is 32.3 Å². The number of rotatable bonds is 11. The lowest BCUT2D eigenvalue weighted by Crippen LogP contribution is -2.24. The lowest BCUT2D eigenvalue weighted by Gasteiger charge is -2.08. The van der Waals surface area contributed by atoms with Crippen LogP contribution in [0.2, 0.25) is 0 Å². The molecule has 2 aromatic carbocycles. The fraction of sp³-hybridized carbons (Fsp3) is 0.333. The standard InChI is InChI=1S/C21H26N2O5/c1-3-5-12-27-17-7-9-18(10-8-17)28-15-21(25)23-22-14-16-6-11-19(24)20(13-16)26-4-2/h6-11,13-14,24H,3-5,12,15H2,1-2H3,(H,23,25)/b22-14-. The number of aromatic hydroxyl groups is 1. The third-order valence-electron chi connectivity index (χ3n) is 3.65. The predicted octanol–water partition coefficient (Wildman–Crippen LogP) is 3.50. The summed E-state index contributed by atoms with van der Waals surface area (Å²) in [6.45, 7) is 4.90. The van der Waals surface area contributed by atoms with E-state index in [9.17, 15) is 9.90 Å². The number of hydrazone groups is 1. The Balaban J connectivity index is 1.76. The van der Waals surface area contributed by atoms with Gasteiger partial charge in [-0.15, -0.1) is 0 Å². The van der Waals surface area contributed by atoms with Crippen molar-refractivity contribution in [3.8, 4) is 23.0 Å². The molecule has 7 heteroatoms. The average Bonchev–Trinajstić information content (AvgIpc) is 2.70. The zero-order valence-corrected chi connectivity index (χ0v) is 16.2. The number of phenols is 1. The van der Waals surface area contributed by atoms with E-state index in [2.05, 4.69) is 17.5 Å². The van der Waals surface area contributed by atoms with Crippen molar-refractivity contribution in [2.45, 2.75) is 26.7 Å². The van der Waals surface area contributed by atoms with Crippen LogP contribution < -0.4 is 19.6 Å². The van der Waals surface area contributed by atoms with Gasteiger partial charge in [-0.25, -0.2) is 5.43 Å². The number of nitrogens with one attached hydrogen (secondary N) is 1. The topological polar surface area (TPSA) is 89.4 Å². The maximum absolute atomic E-state index is 11.8. The van der Waals surface area contributed by atoms with E-state index in [1.807, 2.05) is 19.1 Å². The first-order valence-corrected chi connectivity index (χ1v) is 9.25. The van der Waals surface area contributed by atoms with Crippen LogP contribution in [0.3, 0.4) is 0 Å². The number of hydrogen-bond acceptors (Lipinski definition) is 6. The molecule has 150 valence electrons. The van der Waals surface area contributed by atoms with Crippen LogP contribution in [0.4, 0.5) is 0 Å². The fourth-order valence-corrected chi connectivity index (χ4v) is 2.21. The number of phenolic OH excluding ortho intramolecular Hbond substituents is 1. The van der Waals surface area contributed by atoms with Crippen molar-refractivity contribution >= 4 is 12.1 Å². The van der Waals surface area contributed by atoms with Gasteiger partial charge in [-0.1, -0.05) is 13.3 Å². The molecule has 28 heavy (non-hydrogen) atoms. The Kier molecular flexibility index (Phi) is 8.65. The van der Waals surface area contributed by atoms with Gasteiger partial charge in [0.2, 0.25) is 0 Å². The smallest absolute Gasteiger partial charge is 0.277 e. The summed E-state index contributed by atoms with van der Waals surface area (Å²) in [6, 6.07) is 11.9. The monoisotopic (exact) mass is 386 g/mol. The number of ether oxygens (including phenoxy) is 3. The van der Waals surface area contributed by atoms with Crippen molar-refractivity contribution in [2.75, 3.05) is 19.8 Å². The number of nitrogens with zero attached hydrogens (tertiary/aromatic N) is 1. The third-order valence-corrected chi connectivity index (χ3v) is 3.65. The van der Waals surface area contributed by atoms with Crippen molar-refractivity contribution < 1.29 is 24.1 Å². The third kappa shape index (κ3) is 7.19. The first-order valence-electron chi connectivity index (χ1n) is 9.25. The van der Waals surface area contributed by atoms with E-state index in [-0.39, 0.29) is 18.3 Å². The van der Waals surface area contributed by atoms with Crippen molar-refractivity contribution in [2.24, 2.45) is 5.10 Å². The molecule has 0 unspecified atom stereocenters. The fourth-order valence-electron chi connectivity index (χ4n) is 2.21. The summed E-state index contributed by atoms with van der Waals surface area (Å²) >= 11 is 0. The van der Waals surface area contributed by atoms with E-state index in [4.69, 9.17) is 14.2 Å². The normalized spacial score (nSPS) is 10.6. The van der Waals surface area contributed by atoms with Crippen molar-refractivity contribution in [1.82, 2.24) is 5.43 Å². The summed E-state index contributed by atoms with van der Waals surface area (Å²) in [5, 5.41) is 13.5. The number of amides is 1. The molecule has 0 aliphatic heterocycles. The van der Waals surface area contributed by atoms with Crippen molar-refractivity contribution in [3.63, 3.8) is 0 Å². The van der Waals surface area contributed by atoms with Crippen LogP contribution in [0.25, 0.3) is 0 Å². The SMILES string of the molecule is CCCCOc1ccc(OCC(=O)N/N=C\c2ccc(O)c(OCC)c2)cc1. The minimum absolute atomic E-state index is 0.0539. The zero-order chi connectivity index (χ0) is 20.2. The van der Waals surface area contributed by atoms with Crippen LogP contribution in [0.15, 0.2) is 47.6 Å². The number of hydrogen-bond donors (Lipinski definition) is 2. The van der Waals surface area contributed by atoms with Crippen LogP contribution in [-0.4, -0.2) is 37.0 Å². The quantitative estimate of drug-likeness (QED) is 0.350. The Hall–Kier alpha value is -3.22. The largest absolute Gasteiger partial charge is 0.504 e. The zero-order valence-electron chi connectivity index (χ0n) is 16.2. The Morgan fingerprint density at radius 2 is 1.79 bits per heavy atom. The van der Waals surface area contributed by atoms with Gasteiger partial charge < -0.3 is 19.3 Å². The highest BCUT2D eigenvalue weighted by atomic mass is 16.5. The molecule has 0 aliphatic carbocycles. The van der Waals surface area contributed by atoms with Crippen LogP contribution in [0, 0.1) is 0 Å². The molecule has 0 saturated carbocycles. The molecule has 1 amide bonds. The minimum atomic E-state index is -0.386. The van der Waals surface area contributed by atoms with Gasteiger partial charge >= 0.3 is 0 Å². The van der Waals surface area contributed by atoms with E-state index in [0.717, 1.165) is 18.6 Å². The van der Waals surface area contributed by atoms with E-state index < -0.39 is 0 Å². The molecule has 0 radical (unpaired) electrons. The molecule has 2 aromatic rings. The highest BCUT2D eigenvalue weighted by Gasteiger charge is 2.04. The summed E-state index contributed by atoms with van der Waals surface area (Å²) in [4.78, 5) is 11.8. The Labute approximate surface area is 164 Å². The molecule has 7 nitrogen and oxygen atoms in total. The lowest BCUT2D eigenvalue weighted by atomic mass is 10.2. The molecule has 0 atom stereocenters. The van der Waals surface area contributed by atoms with Gasteiger partial charge in [0.1, 0.15) is 11.5 Å². The van der Waals surface area contributed by atoms with Crippen LogP contribution in [0.5, 0.6) is 23.0 Å². The van der Waals surface area contributed by atoms with Gasteiger partial charge in [-0.3, -0.25) is 4.79 Å². The summed E-state index contributed by atoms with van der Waals surface area (Å²) in [6.07, 6.45) is 3.55. The van der Waals surface area contributed by atoms with Crippen LogP contribution >= 0.6 is 0 Å². The van der Waals surface area contributed by atoms with E-state index >= 15 is 0 Å². The maximum Gasteiger partial charge on any atom is 0.277 e. The molecule has 2 N–H and O–H groups in total. The van der Waals surface area contributed by atoms with Gasteiger partial charge in [0.05, 0.1) is 19.4 Å². The van der Waals surface area contributed by atoms with Gasteiger partial charge in [-0.2, -0.15) is 5.10 Å². The van der Waals surface area contributed by atoms with Crippen molar-refractivity contribution in [1.29, 1.82) is 0 Å². The Bertz CT molecular complexity index is 775. The van der Waals surface area contributed by atoms with Gasteiger partial charge in [-0.05, 0) is 61.4 Å². The summed E-state index contributed by atoms with van der Waals surface area (Å²) in [7, 11) is 0. The molecule has 0 fully saturated rings. The Morgan fingerprint density at radius 3 is 2.46 bits per heavy atom. The second kappa shape index (κ2) is 11.5. The van der Waals surface area contributed by atoms with E-state index in [1.54, 1.807) is 24.3 Å². The average molecular weight is 386 g/mol. The predicted molar refractivity (Wildman–Crippen MR) is 107 cm³/mol. The number of carbonyl (C=O) groups excluding carboxylic acids is 1. The molecule has 0 aliphatic rings. The molecule has 2 rings (SSSR count). The molecule has 0 bridgehead atoms. The molecule has 0 saturated heterocycles. The highest BCUT2D eigenvalue weighted by Crippen LogP contribution is 2.26. The van der Waals surface area contributed by atoms with Crippen LogP contribution in [-0.2, 0) is 4.79 Å². The van der Waals surface area contributed by atoms with Crippen molar-refractivity contribution in [3.05, 3.63) is 48.0 Å². The summed E-state index contributed by atoms with van der Waals surface area (Å²) in [5.74, 6) is 1.38. The molecular formula is C21H26N2O5. The summed E-state index contributed by atoms with van der Waals surface area (Å²) < 4.78 is 16.3. The van der Waals surface area contributed by atoms with Gasteiger partial charge in [0.15, 0.2) is 18.1 Å². The van der Waals surface area contributed by atoms with Gasteiger partial charge in [0.25, 0.3) is 5.91 Å². The lowest BCUT2D eigenvalue weighted by molar-refractivity contribution is -0.123. The molecular weight excluding hydrogens is 360 g/mol. The first kappa shape index (κ1) is 21.1. The van der Waals surface area contributed by atoms with E-state index in [1.165, 1.54) is 12.3 Å². The summed E-state index contributed by atoms with van der Waals surface area (Å²) in [5.41, 5.74) is 3.07. The first-order chi connectivity index (χ1) is 13.6. The Morgan fingerprint density at radius 1 is 1.07 bits per heavy atom. The second-order valence-corrected chi connectivity index (χ2v) is 5.92.